The van der Waals surface area contributed by atoms with Gasteiger partial charge < -0.3 is 33.9 Å². The lowest BCUT2D eigenvalue weighted by molar-refractivity contribution is -0.873. The van der Waals surface area contributed by atoms with Crippen LogP contribution in [0.25, 0.3) is 11.2 Å². The SMILES string of the molecule is C[N+](C)(C)CC(Cn1cnc2c(N)ncnc21)OCP(=O)([O-])O. The van der Waals surface area contributed by atoms with Gasteiger partial charge in [0.2, 0.25) is 0 Å². The molecule has 2 aromatic rings. The van der Waals surface area contributed by atoms with Crippen LogP contribution < -0.4 is 10.6 Å². The molecule has 11 heteroatoms. The zero-order chi connectivity index (χ0) is 17.3. The van der Waals surface area contributed by atoms with Gasteiger partial charge in [-0.2, -0.15) is 0 Å². The molecule has 0 saturated heterocycles. The predicted octanol–water partition coefficient (Wildman–Crippen LogP) is -0.997. The molecule has 0 amide bonds. The number of nitrogens with two attached hydrogens (primary N) is 1. The summed E-state index contributed by atoms with van der Waals surface area (Å²) < 4.78 is 18.6. The van der Waals surface area contributed by atoms with E-state index in [9.17, 15) is 9.46 Å². The fourth-order valence-electron chi connectivity index (χ4n) is 2.23. The van der Waals surface area contributed by atoms with Gasteiger partial charge in [-0.25, -0.2) is 15.0 Å². The number of rotatable bonds is 7. The Kier molecular flexibility index (Phi) is 5.02. The molecule has 0 fully saturated rings. The van der Waals surface area contributed by atoms with Crippen LogP contribution in [-0.4, -0.2) is 69.0 Å². The molecule has 0 aliphatic rings. The van der Waals surface area contributed by atoms with Gasteiger partial charge >= 0.3 is 0 Å². The topological polar surface area (TPSA) is 139 Å². The molecule has 23 heavy (non-hydrogen) atoms. The first-order valence-electron chi connectivity index (χ1n) is 6.91. The van der Waals surface area contributed by atoms with Gasteiger partial charge in [0.15, 0.2) is 19.1 Å². The van der Waals surface area contributed by atoms with Crippen molar-refractivity contribution in [3.63, 3.8) is 0 Å². The standard InChI is InChI=1S/C12H21N6O4P/c1-18(2,3)5-9(22-8-23(19,20)21)4-17-7-16-10-11(13)14-6-15-12(10)17/h6-7,9H,4-5,8H2,1-3H3,(H3-,13,14,15,19,20,21). The summed E-state index contributed by atoms with van der Waals surface area (Å²) >= 11 is 0. The van der Waals surface area contributed by atoms with E-state index in [1.54, 1.807) is 10.9 Å². The van der Waals surface area contributed by atoms with E-state index in [-0.39, 0.29) is 5.82 Å². The molecule has 0 bridgehead atoms. The van der Waals surface area contributed by atoms with Gasteiger partial charge in [0, 0.05) is 0 Å². The van der Waals surface area contributed by atoms with Gasteiger partial charge in [0.05, 0.1) is 34.0 Å². The van der Waals surface area contributed by atoms with Crippen LogP contribution in [0.2, 0.25) is 0 Å². The average molecular weight is 344 g/mol. The fraction of sp³-hybridized carbons (Fsp3) is 0.583. The minimum Gasteiger partial charge on any atom is -0.777 e. The minimum atomic E-state index is -4.48. The van der Waals surface area contributed by atoms with Gasteiger partial charge in [-0.05, 0) is 0 Å². The van der Waals surface area contributed by atoms with Crippen molar-refractivity contribution in [2.75, 3.05) is 39.8 Å². The van der Waals surface area contributed by atoms with Gasteiger partial charge in [-0.3, -0.25) is 0 Å². The van der Waals surface area contributed by atoms with E-state index in [1.165, 1.54) is 6.33 Å². The number of fused-ring (bicyclic) bond motifs is 1. The summed E-state index contributed by atoms with van der Waals surface area (Å²) in [5, 5.41) is 0. The van der Waals surface area contributed by atoms with E-state index in [0.717, 1.165) is 0 Å². The Morgan fingerprint density at radius 1 is 1.43 bits per heavy atom. The third kappa shape index (κ3) is 5.22. The number of ether oxygens (including phenoxy) is 1. The number of hydrogen-bond acceptors (Lipinski definition) is 7. The molecule has 2 aromatic heterocycles. The number of anilines is 1. The third-order valence-corrected chi connectivity index (χ3v) is 3.53. The lowest BCUT2D eigenvalue weighted by atomic mass is 10.3. The molecule has 2 heterocycles. The summed E-state index contributed by atoms with van der Waals surface area (Å²) in [5.41, 5.74) is 6.77. The zero-order valence-electron chi connectivity index (χ0n) is 13.3. The van der Waals surface area contributed by atoms with E-state index in [0.29, 0.717) is 28.7 Å². The van der Waals surface area contributed by atoms with Crippen LogP contribution in [0, 0.1) is 0 Å². The van der Waals surface area contributed by atoms with Crippen molar-refractivity contribution < 1.29 is 23.6 Å². The lowest BCUT2D eigenvalue weighted by Gasteiger charge is -2.30. The van der Waals surface area contributed by atoms with Crippen molar-refractivity contribution in [3.8, 4) is 0 Å². The Labute approximate surface area is 133 Å². The predicted molar refractivity (Wildman–Crippen MR) is 82.2 cm³/mol. The number of aromatic nitrogens is 4. The molecule has 2 atom stereocenters. The Bertz CT molecular complexity index is 722. The maximum atomic E-state index is 11.0. The Balaban J connectivity index is 2.21. The van der Waals surface area contributed by atoms with Crippen LogP contribution in [0.3, 0.4) is 0 Å². The maximum absolute atomic E-state index is 11.0. The maximum Gasteiger partial charge on any atom is 0.165 e. The summed E-state index contributed by atoms with van der Waals surface area (Å²) in [6, 6.07) is 0. The molecular weight excluding hydrogens is 323 g/mol. The van der Waals surface area contributed by atoms with E-state index in [1.807, 2.05) is 21.1 Å². The monoisotopic (exact) mass is 344 g/mol. The first-order valence-corrected chi connectivity index (χ1v) is 8.67. The number of hydrogen-bond donors (Lipinski definition) is 2. The van der Waals surface area contributed by atoms with Gasteiger partial charge in [-0.15, -0.1) is 0 Å². The minimum absolute atomic E-state index is 0.275. The van der Waals surface area contributed by atoms with E-state index >= 15 is 0 Å². The van der Waals surface area contributed by atoms with Crippen LogP contribution in [0.15, 0.2) is 12.7 Å². The quantitative estimate of drug-likeness (QED) is 0.482. The van der Waals surface area contributed by atoms with Gasteiger partial charge in [-0.1, -0.05) is 0 Å². The van der Waals surface area contributed by atoms with Crippen LogP contribution in [0.1, 0.15) is 0 Å². The largest absolute Gasteiger partial charge is 0.777 e. The highest BCUT2D eigenvalue weighted by Crippen LogP contribution is 2.29. The fourth-order valence-corrected chi connectivity index (χ4v) is 2.62. The van der Waals surface area contributed by atoms with Crippen molar-refractivity contribution in [1.82, 2.24) is 19.5 Å². The molecule has 0 aliphatic carbocycles. The van der Waals surface area contributed by atoms with Crippen molar-refractivity contribution in [2.45, 2.75) is 12.6 Å². The second-order valence-corrected chi connectivity index (χ2v) is 7.89. The van der Waals surface area contributed by atoms with Gasteiger partial charge in [0.25, 0.3) is 0 Å². The average Bonchev–Trinajstić information content (AvgIpc) is 2.78. The lowest BCUT2D eigenvalue weighted by Crippen LogP contribution is -2.44. The molecule has 0 spiro atoms. The van der Waals surface area contributed by atoms with Crippen molar-refractivity contribution >= 4 is 24.6 Å². The molecule has 2 rings (SSSR count). The highest BCUT2D eigenvalue weighted by Gasteiger charge is 2.22. The second-order valence-electron chi connectivity index (χ2n) is 6.36. The van der Waals surface area contributed by atoms with Crippen LogP contribution >= 0.6 is 7.60 Å². The van der Waals surface area contributed by atoms with Crippen molar-refractivity contribution in [2.24, 2.45) is 0 Å². The van der Waals surface area contributed by atoms with Crippen LogP contribution in [0.5, 0.6) is 0 Å². The summed E-state index contributed by atoms with van der Waals surface area (Å²) in [4.78, 5) is 32.0. The molecule has 0 saturated carbocycles. The number of nitrogens with zero attached hydrogens (tertiary/aromatic N) is 5. The highest BCUT2D eigenvalue weighted by molar-refractivity contribution is 7.50. The number of imidazole rings is 1. The summed E-state index contributed by atoms with van der Waals surface area (Å²) in [6.45, 7) is 0.850. The van der Waals surface area contributed by atoms with Crippen LogP contribution in [-0.2, 0) is 15.8 Å². The van der Waals surface area contributed by atoms with E-state index in [4.69, 9.17) is 15.4 Å². The summed E-state index contributed by atoms with van der Waals surface area (Å²) in [7, 11) is 1.39. The molecule has 128 valence electrons. The molecular formula is C12H21N6O4P. The smallest absolute Gasteiger partial charge is 0.165 e. The molecule has 10 nitrogen and oxygen atoms in total. The number of quaternary nitrogens is 1. The first-order chi connectivity index (χ1) is 10.6. The number of likely N-dealkylation sites (N-methyl/N-ethyl adjacent to an activating group) is 1. The van der Waals surface area contributed by atoms with E-state index < -0.39 is 20.0 Å². The summed E-state index contributed by atoms with van der Waals surface area (Å²) in [5.74, 6) is 0.275. The molecule has 2 unspecified atom stereocenters. The third-order valence-electron chi connectivity index (χ3n) is 3.05. The van der Waals surface area contributed by atoms with Crippen molar-refractivity contribution in [1.29, 1.82) is 0 Å². The molecule has 0 aliphatic heterocycles. The van der Waals surface area contributed by atoms with Crippen molar-refractivity contribution in [3.05, 3.63) is 12.7 Å². The van der Waals surface area contributed by atoms with Crippen LogP contribution in [0.4, 0.5) is 5.82 Å². The molecule has 3 N–H and O–H groups in total. The molecule has 0 radical (unpaired) electrons. The van der Waals surface area contributed by atoms with Gasteiger partial charge in [0.1, 0.15) is 30.8 Å². The number of nitrogen functional groups attached to an aromatic ring is 1. The highest BCUT2D eigenvalue weighted by atomic mass is 31.2. The Hall–Kier alpha value is -1.58. The first kappa shape index (κ1) is 17.8. The van der Waals surface area contributed by atoms with E-state index in [2.05, 4.69) is 15.0 Å². The Morgan fingerprint density at radius 3 is 2.74 bits per heavy atom. The normalized spacial score (nSPS) is 16.4. The molecule has 0 aromatic carbocycles. The second kappa shape index (κ2) is 6.50. The Morgan fingerprint density at radius 2 is 2.13 bits per heavy atom. The zero-order valence-corrected chi connectivity index (χ0v) is 14.2. The summed E-state index contributed by atoms with van der Waals surface area (Å²) in [6.07, 6.45) is 1.70.